The summed E-state index contributed by atoms with van der Waals surface area (Å²) in [4.78, 5) is 7.98. The van der Waals surface area contributed by atoms with E-state index in [1.807, 2.05) is 11.3 Å². The maximum Gasteiger partial charge on any atom is 0.252 e. The quantitative estimate of drug-likeness (QED) is 0.160. The molecule has 3 aliphatic heterocycles. The molecule has 0 N–H and O–H groups in total. The van der Waals surface area contributed by atoms with Crippen LogP contribution in [0.25, 0.3) is 64.4 Å². The van der Waals surface area contributed by atoms with Gasteiger partial charge < -0.3 is 19.1 Å². The summed E-state index contributed by atoms with van der Waals surface area (Å²) in [6.07, 6.45) is 4.74. The first-order valence-corrected chi connectivity index (χ1v) is 27.5. The van der Waals surface area contributed by atoms with Crippen molar-refractivity contribution in [2.24, 2.45) is 0 Å². The molecular weight excluding hydrogens is 930 g/mol. The van der Waals surface area contributed by atoms with Crippen molar-refractivity contribution in [2.75, 3.05) is 14.7 Å². The molecule has 2 aromatic heterocycles. The van der Waals surface area contributed by atoms with E-state index >= 15 is 0 Å². The lowest BCUT2D eigenvalue weighted by Gasteiger charge is -2.50. The standard InChI is InChI=1S/C69H52BN3OS/c1-43-37-61-66-62(38-43)72(58-24-16-23-52-51-22-11-13-26-65(51)75-67(52)58)60-42-49(73-57-33-28-46(44-17-6-4-7-18-44)39-54(57)68(2)35-14-15-36-69(68,73)3)29-32-56(60)70(66)55-31-27-47(45-19-8-5-9-20-45)40-59(55)71(61)48-30-34-64-53(41-48)50-21-10-12-25-63(50)74-64/h4-13,16-34,37-42H,14-15,35-36H2,1-3H3. The maximum atomic E-state index is 6.45. The highest BCUT2D eigenvalue weighted by atomic mass is 32.1. The van der Waals surface area contributed by atoms with Gasteiger partial charge in [-0.25, -0.2) is 0 Å². The molecule has 0 bridgehead atoms. The zero-order valence-corrected chi connectivity index (χ0v) is 43.1. The van der Waals surface area contributed by atoms with Crippen molar-refractivity contribution in [3.05, 3.63) is 223 Å². The third-order valence-electron chi connectivity index (χ3n) is 18.0. The Kier molecular flexibility index (Phi) is 9.11. The van der Waals surface area contributed by atoms with Crippen LogP contribution in [0.15, 0.2) is 217 Å². The summed E-state index contributed by atoms with van der Waals surface area (Å²) in [7, 11) is 0. The monoisotopic (exact) mass is 981 g/mol. The minimum absolute atomic E-state index is 0.0315. The third kappa shape index (κ3) is 6.06. The first-order chi connectivity index (χ1) is 36.8. The van der Waals surface area contributed by atoms with E-state index < -0.39 is 0 Å². The molecule has 75 heavy (non-hydrogen) atoms. The van der Waals surface area contributed by atoms with Gasteiger partial charge in [0.2, 0.25) is 0 Å². The SMILES string of the molecule is Cc1cc2c3c(c1)N(c1cccc4c1sc1ccccc14)c1cc(N4c5ccc(-c6ccccc6)cc5C5(C)CCCCC45C)ccc1B3c1ccc(-c3ccccc3)cc1N2c1ccc2oc3ccccc3c2c1. The second kappa shape index (κ2) is 15.8. The van der Waals surface area contributed by atoms with Gasteiger partial charge in [-0.2, -0.15) is 0 Å². The van der Waals surface area contributed by atoms with E-state index in [-0.39, 0.29) is 17.7 Å². The summed E-state index contributed by atoms with van der Waals surface area (Å²) >= 11 is 1.91. The third-order valence-corrected chi connectivity index (χ3v) is 19.2. The minimum Gasteiger partial charge on any atom is -0.456 e. The molecule has 12 aromatic rings. The number of furan rings is 1. The highest BCUT2D eigenvalue weighted by Crippen LogP contribution is 2.62. The van der Waals surface area contributed by atoms with Crippen molar-refractivity contribution < 1.29 is 4.42 Å². The highest BCUT2D eigenvalue weighted by Gasteiger charge is 2.58. The van der Waals surface area contributed by atoms with Crippen LogP contribution in [0.4, 0.5) is 45.5 Å². The van der Waals surface area contributed by atoms with Crippen molar-refractivity contribution in [2.45, 2.75) is 57.4 Å². The van der Waals surface area contributed by atoms with Crippen LogP contribution in [0, 0.1) is 6.92 Å². The fourth-order valence-corrected chi connectivity index (χ4v) is 15.5. The molecule has 358 valence electrons. The van der Waals surface area contributed by atoms with Crippen molar-refractivity contribution in [3.63, 3.8) is 0 Å². The Morgan fingerprint density at radius 3 is 1.91 bits per heavy atom. The number of benzene rings is 10. The van der Waals surface area contributed by atoms with Crippen LogP contribution >= 0.6 is 11.3 Å². The Balaban J connectivity index is 0.971. The van der Waals surface area contributed by atoms with Crippen LogP contribution in [-0.2, 0) is 5.41 Å². The lowest BCUT2D eigenvalue weighted by atomic mass is 9.33. The second-order valence-electron chi connectivity index (χ2n) is 22.0. The predicted octanol–water partition coefficient (Wildman–Crippen LogP) is 17.4. The highest BCUT2D eigenvalue weighted by molar-refractivity contribution is 7.26. The minimum atomic E-state index is -0.128. The first kappa shape index (κ1) is 43.1. The molecule has 6 heteroatoms. The van der Waals surface area contributed by atoms with Crippen LogP contribution < -0.4 is 31.1 Å². The molecule has 1 fully saturated rings. The molecule has 4 nitrogen and oxygen atoms in total. The maximum absolute atomic E-state index is 6.45. The van der Waals surface area contributed by atoms with E-state index in [0.29, 0.717) is 0 Å². The molecule has 1 saturated carbocycles. The van der Waals surface area contributed by atoms with Gasteiger partial charge >= 0.3 is 0 Å². The number of hydrogen-bond donors (Lipinski definition) is 0. The Bertz CT molecular complexity index is 4350. The molecule has 10 aromatic carbocycles. The summed E-state index contributed by atoms with van der Waals surface area (Å²) < 4.78 is 9.06. The molecular formula is C69H52BN3OS. The van der Waals surface area contributed by atoms with Gasteiger partial charge in [-0.3, -0.25) is 0 Å². The van der Waals surface area contributed by atoms with Gasteiger partial charge in [0, 0.05) is 71.5 Å². The summed E-state index contributed by atoms with van der Waals surface area (Å²) in [6, 6.07) is 79.9. The number of fused-ring (bicyclic) bond motifs is 13. The van der Waals surface area contributed by atoms with E-state index in [1.54, 1.807) is 0 Å². The Labute approximate surface area is 441 Å². The zero-order chi connectivity index (χ0) is 49.7. The molecule has 0 saturated heterocycles. The molecule has 2 atom stereocenters. The average molecular weight is 982 g/mol. The average Bonchev–Trinajstić information content (AvgIpc) is 4.22. The van der Waals surface area contributed by atoms with Crippen molar-refractivity contribution in [1.29, 1.82) is 0 Å². The smallest absolute Gasteiger partial charge is 0.252 e. The second-order valence-corrected chi connectivity index (χ2v) is 23.0. The lowest BCUT2D eigenvalue weighted by Crippen LogP contribution is -2.61. The van der Waals surface area contributed by atoms with Gasteiger partial charge in [0.15, 0.2) is 0 Å². The molecule has 2 unspecified atom stereocenters. The number of aryl methyl sites for hydroxylation is 1. The fraction of sp³-hybridized carbons (Fsp3) is 0.130. The van der Waals surface area contributed by atoms with E-state index in [2.05, 4.69) is 248 Å². The van der Waals surface area contributed by atoms with Crippen LogP contribution in [0.1, 0.15) is 50.7 Å². The number of para-hydroxylation sites is 1. The van der Waals surface area contributed by atoms with E-state index in [4.69, 9.17) is 4.42 Å². The van der Waals surface area contributed by atoms with E-state index in [1.165, 1.54) is 123 Å². The van der Waals surface area contributed by atoms with Crippen molar-refractivity contribution in [3.8, 4) is 22.3 Å². The Morgan fingerprint density at radius 1 is 0.453 bits per heavy atom. The normalized spacial score (nSPS) is 18.4. The molecule has 0 amide bonds. The first-order valence-electron chi connectivity index (χ1n) is 26.7. The van der Waals surface area contributed by atoms with Crippen LogP contribution in [0.2, 0.25) is 0 Å². The molecule has 16 rings (SSSR count). The summed E-state index contributed by atoms with van der Waals surface area (Å²) in [5, 5.41) is 4.84. The topological polar surface area (TPSA) is 22.9 Å². The van der Waals surface area contributed by atoms with Crippen molar-refractivity contribution in [1.82, 2.24) is 0 Å². The van der Waals surface area contributed by atoms with Crippen LogP contribution in [-0.4, -0.2) is 12.3 Å². The van der Waals surface area contributed by atoms with Crippen LogP contribution in [0.5, 0.6) is 0 Å². The van der Waals surface area contributed by atoms with Gasteiger partial charge in [-0.1, -0.05) is 153 Å². The number of anilines is 8. The molecule has 4 aliphatic rings. The van der Waals surface area contributed by atoms with E-state index in [0.717, 1.165) is 40.5 Å². The number of rotatable bonds is 5. The Morgan fingerprint density at radius 2 is 1.09 bits per heavy atom. The van der Waals surface area contributed by atoms with Gasteiger partial charge in [0.1, 0.15) is 11.2 Å². The molecule has 0 spiro atoms. The Hall–Kier alpha value is -8.32. The zero-order valence-electron chi connectivity index (χ0n) is 42.3. The van der Waals surface area contributed by atoms with Gasteiger partial charge in [0.25, 0.3) is 6.71 Å². The largest absolute Gasteiger partial charge is 0.456 e. The molecule has 0 radical (unpaired) electrons. The summed E-state index contributed by atoms with van der Waals surface area (Å²) in [5.41, 5.74) is 23.0. The number of nitrogens with zero attached hydrogens (tertiary/aromatic N) is 3. The van der Waals surface area contributed by atoms with E-state index in [9.17, 15) is 0 Å². The summed E-state index contributed by atoms with van der Waals surface area (Å²) in [5.74, 6) is 0. The van der Waals surface area contributed by atoms with Gasteiger partial charge in [0.05, 0.1) is 15.9 Å². The van der Waals surface area contributed by atoms with Crippen LogP contribution in [0.3, 0.4) is 0 Å². The molecule has 5 heterocycles. The molecule has 1 aliphatic carbocycles. The van der Waals surface area contributed by atoms with Gasteiger partial charge in [-0.15, -0.1) is 11.3 Å². The number of thiophene rings is 1. The lowest BCUT2D eigenvalue weighted by molar-refractivity contribution is 0.195. The summed E-state index contributed by atoms with van der Waals surface area (Å²) in [6.45, 7) is 7.37. The predicted molar refractivity (Wildman–Crippen MR) is 319 cm³/mol. The van der Waals surface area contributed by atoms with Crippen molar-refractivity contribution >= 4 is 122 Å². The fourth-order valence-electron chi connectivity index (χ4n) is 14.3. The van der Waals surface area contributed by atoms with Gasteiger partial charge in [-0.05, 0) is 155 Å². The number of hydrogen-bond acceptors (Lipinski definition) is 5.